The van der Waals surface area contributed by atoms with Gasteiger partial charge in [0.05, 0.1) is 45.9 Å². The molecule has 5 atom stereocenters. The van der Waals surface area contributed by atoms with Crippen LogP contribution in [0.1, 0.15) is 31.4 Å². The summed E-state index contributed by atoms with van der Waals surface area (Å²) in [5.41, 5.74) is 1.30. The molecule has 0 aromatic heterocycles. The fraction of sp³-hybridized carbons (Fsp3) is 0.441. The lowest BCUT2D eigenvalue weighted by Gasteiger charge is -2.34. The lowest BCUT2D eigenvalue weighted by Crippen LogP contribution is -2.58. The van der Waals surface area contributed by atoms with Gasteiger partial charge in [-0.25, -0.2) is 26.4 Å². The van der Waals surface area contributed by atoms with Crippen LogP contribution in [0.3, 0.4) is 0 Å². The maximum Gasteiger partial charge on any atom is 0.407 e. The second-order valence-corrected chi connectivity index (χ2v) is 16.6. The first kappa shape index (κ1) is 37.3. The molecule has 14 nitrogen and oxygen atoms in total. The quantitative estimate of drug-likeness (QED) is 0.171. The molecule has 0 spiro atoms. The third-order valence-corrected chi connectivity index (χ3v) is 12.0. The first-order valence-corrected chi connectivity index (χ1v) is 19.2. The van der Waals surface area contributed by atoms with Crippen LogP contribution in [0, 0.1) is 28.9 Å². The summed E-state index contributed by atoms with van der Waals surface area (Å²) in [7, 11) is -8.58. The van der Waals surface area contributed by atoms with E-state index in [1.807, 2.05) is 39.0 Å². The molecule has 2 fully saturated rings. The second kappa shape index (κ2) is 16.0. The number of nitrogens with one attached hydrogen (secondary N) is 2. The number of aryl methyl sites for hydroxylation is 1. The number of benzene rings is 3. The molecule has 3 aromatic carbocycles. The van der Waals surface area contributed by atoms with E-state index >= 15 is 0 Å². The van der Waals surface area contributed by atoms with E-state index in [2.05, 4.69) is 10.0 Å². The summed E-state index contributed by atoms with van der Waals surface area (Å²) in [6.07, 6.45) is -1.14. The van der Waals surface area contributed by atoms with Gasteiger partial charge < -0.3 is 19.5 Å². The molecule has 0 radical (unpaired) electrons. The van der Waals surface area contributed by atoms with E-state index in [9.17, 15) is 31.7 Å². The van der Waals surface area contributed by atoms with Gasteiger partial charge in [-0.15, -0.1) is 0 Å². The Morgan fingerprint density at radius 3 is 2.24 bits per heavy atom. The van der Waals surface area contributed by atoms with Crippen LogP contribution >= 0.6 is 0 Å². The van der Waals surface area contributed by atoms with E-state index in [0.29, 0.717) is 13.0 Å². The van der Waals surface area contributed by atoms with Crippen LogP contribution in [-0.4, -0.2) is 82.9 Å². The Hall–Kier alpha value is -3.93. The molecule has 1 amide bonds. The molecule has 2 saturated heterocycles. The van der Waals surface area contributed by atoms with Crippen molar-refractivity contribution in [1.29, 1.82) is 0 Å². The van der Waals surface area contributed by atoms with Crippen molar-refractivity contribution in [3.63, 3.8) is 0 Å². The monoisotopic (exact) mass is 730 g/mol. The largest absolute Gasteiger partial charge is 0.443 e. The minimum absolute atomic E-state index is 0.0299. The van der Waals surface area contributed by atoms with Crippen molar-refractivity contribution in [3.8, 4) is 0 Å². The maximum atomic E-state index is 14.1. The van der Waals surface area contributed by atoms with Crippen molar-refractivity contribution in [2.45, 2.75) is 67.9 Å². The number of nitro benzene ring substituents is 1. The highest BCUT2D eigenvalue weighted by atomic mass is 32.2. The van der Waals surface area contributed by atoms with Gasteiger partial charge in [0.25, 0.3) is 5.69 Å². The van der Waals surface area contributed by atoms with Gasteiger partial charge in [-0.3, -0.25) is 10.1 Å². The molecule has 0 bridgehead atoms. The average molecular weight is 731 g/mol. The number of carbonyl (C=O) groups excluding carboxylic acids is 1. The normalized spacial score (nSPS) is 20.4. The molecule has 3 aromatic rings. The number of amides is 1. The molecule has 2 heterocycles. The SMILES string of the molecule is Cc1ccc(S(=O)(=O)N(CC(C)C)C[C@@H](NS(=O)(=O)c2ccc([N+](=O)[O-])cc2)[C@H](Cc2ccccc2)NC(=O)O[C@H]2CO[C@H]3OCC[C@H]32)cc1. The number of hydrogen-bond acceptors (Lipinski definition) is 10. The van der Waals surface area contributed by atoms with Crippen LogP contribution in [0.2, 0.25) is 0 Å². The minimum Gasteiger partial charge on any atom is -0.443 e. The van der Waals surface area contributed by atoms with Crippen LogP contribution in [0.5, 0.6) is 0 Å². The number of nitrogens with zero attached hydrogens (tertiary/aromatic N) is 2. The number of alkyl carbamates (subject to hydrolysis) is 1. The Labute approximate surface area is 292 Å². The molecule has 50 heavy (non-hydrogen) atoms. The van der Waals surface area contributed by atoms with E-state index in [-0.39, 0.29) is 53.4 Å². The predicted molar refractivity (Wildman–Crippen MR) is 183 cm³/mol. The summed E-state index contributed by atoms with van der Waals surface area (Å²) in [6.45, 7) is 5.80. The smallest absolute Gasteiger partial charge is 0.407 e. The Bertz CT molecular complexity index is 1840. The van der Waals surface area contributed by atoms with Gasteiger partial charge in [0.1, 0.15) is 6.10 Å². The molecule has 2 aliphatic rings. The van der Waals surface area contributed by atoms with Crippen molar-refractivity contribution < 1.29 is 40.8 Å². The molecule has 270 valence electrons. The molecule has 0 unspecified atom stereocenters. The van der Waals surface area contributed by atoms with Crippen molar-refractivity contribution in [1.82, 2.24) is 14.3 Å². The van der Waals surface area contributed by atoms with E-state index < -0.39 is 55.5 Å². The van der Waals surface area contributed by atoms with Crippen LogP contribution in [0.25, 0.3) is 0 Å². The van der Waals surface area contributed by atoms with E-state index in [1.165, 1.54) is 16.4 Å². The van der Waals surface area contributed by atoms with Crippen molar-refractivity contribution in [2.75, 3.05) is 26.3 Å². The minimum atomic E-state index is -4.42. The lowest BCUT2D eigenvalue weighted by molar-refractivity contribution is -0.384. The number of non-ortho nitro benzene ring substituents is 1. The zero-order valence-corrected chi connectivity index (χ0v) is 29.6. The Balaban J connectivity index is 1.52. The van der Waals surface area contributed by atoms with E-state index in [0.717, 1.165) is 35.4 Å². The highest BCUT2D eigenvalue weighted by molar-refractivity contribution is 7.89. The first-order valence-electron chi connectivity index (χ1n) is 16.3. The zero-order valence-electron chi connectivity index (χ0n) is 28.0. The van der Waals surface area contributed by atoms with Crippen LogP contribution < -0.4 is 10.0 Å². The molecule has 16 heteroatoms. The number of ether oxygens (including phenoxy) is 3. The van der Waals surface area contributed by atoms with Crippen LogP contribution in [-0.2, 0) is 40.7 Å². The van der Waals surface area contributed by atoms with Crippen molar-refractivity contribution in [2.24, 2.45) is 11.8 Å². The lowest BCUT2D eigenvalue weighted by atomic mass is 9.99. The zero-order chi connectivity index (χ0) is 36.1. The molecule has 2 N–H and O–H groups in total. The molecule has 2 aliphatic heterocycles. The van der Waals surface area contributed by atoms with Crippen molar-refractivity contribution in [3.05, 3.63) is 100 Å². The molecule has 0 aliphatic carbocycles. The van der Waals surface area contributed by atoms with Crippen molar-refractivity contribution >= 4 is 31.8 Å². The maximum absolute atomic E-state index is 14.1. The highest BCUT2D eigenvalue weighted by Gasteiger charge is 2.44. The van der Waals surface area contributed by atoms with E-state index in [1.54, 1.807) is 24.3 Å². The molecular weight excluding hydrogens is 689 g/mol. The second-order valence-electron chi connectivity index (χ2n) is 12.9. The number of nitro groups is 1. The number of carbonyl (C=O) groups is 1. The van der Waals surface area contributed by atoms with Gasteiger partial charge in [-0.05, 0) is 55.5 Å². The summed E-state index contributed by atoms with van der Waals surface area (Å²) < 4.78 is 76.9. The van der Waals surface area contributed by atoms with Gasteiger partial charge in [0.15, 0.2) is 6.29 Å². The first-order chi connectivity index (χ1) is 23.7. The number of sulfonamides is 2. The Morgan fingerprint density at radius 2 is 1.60 bits per heavy atom. The standard InChI is InChI=1S/C34H42N4O10S2/c1-23(2)20-37(50(44,45)28-13-9-24(3)10-14-28)21-31(36-49(42,43)27-15-11-26(12-16-27)38(40)41)30(19-25-7-5-4-6-8-25)35-34(39)48-32-22-47-33-29(32)17-18-46-33/h4-16,23,29-33,36H,17-22H2,1-3H3,(H,35,39)/t29-,30-,31+,32-,33+/m0/s1. The molecule has 0 saturated carbocycles. The Kier molecular flexibility index (Phi) is 11.9. The van der Waals surface area contributed by atoms with Gasteiger partial charge in [0, 0.05) is 25.2 Å². The van der Waals surface area contributed by atoms with Crippen LogP contribution in [0.4, 0.5) is 10.5 Å². The molecule has 5 rings (SSSR count). The third-order valence-electron chi connectivity index (χ3n) is 8.62. The summed E-state index contributed by atoms with van der Waals surface area (Å²) in [5, 5.41) is 14.1. The third kappa shape index (κ3) is 9.24. The summed E-state index contributed by atoms with van der Waals surface area (Å²) in [4.78, 5) is 23.9. The fourth-order valence-corrected chi connectivity index (χ4v) is 8.95. The van der Waals surface area contributed by atoms with Crippen LogP contribution in [0.15, 0.2) is 88.7 Å². The van der Waals surface area contributed by atoms with Gasteiger partial charge in [-0.1, -0.05) is 61.9 Å². The fourth-order valence-electron chi connectivity index (χ4n) is 6.05. The predicted octanol–water partition coefficient (Wildman–Crippen LogP) is 4.00. The van der Waals surface area contributed by atoms with E-state index in [4.69, 9.17) is 14.2 Å². The summed E-state index contributed by atoms with van der Waals surface area (Å²) >= 11 is 0. The Morgan fingerprint density at radius 1 is 0.940 bits per heavy atom. The number of fused-ring (bicyclic) bond motifs is 1. The molecular formula is C34H42N4O10S2. The number of rotatable bonds is 15. The van der Waals surface area contributed by atoms with Gasteiger partial charge in [0.2, 0.25) is 20.0 Å². The highest BCUT2D eigenvalue weighted by Crippen LogP contribution is 2.33. The summed E-state index contributed by atoms with van der Waals surface area (Å²) in [6, 6.07) is 17.4. The average Bonchev–Trinajstić information content (AvgIpc) is 3.69. The number of hydrogen-bond donors (Lipinski definition) is 2. The topological polar surface area (TPSA) is 183 Å². The van der Waals surface area contributed by atoms with Gasteiger partial charge in [-0.2, -0.15) is 4.31 Å². The summed E-state index contributed by atoms with van der Waals surface area (Å²) in [5.74, 6) is -0.303. The van der Waals surface area contributed by atoms with Gasteiger partial charge >= 0.3 is 6.09 Å².